The average Bonchev–Trinajstić information content (AvgIpc) is 2.82. The van der Waals surface area contributed by atoms with Crippen molar-refractivity contribution >= 4 is 12.1 Å². The van der Waals surface area contributed by atoms with Crippen LogP contribution in [-0.2, 0) is 9.53 Å². The predicted octanol–water partition coefficient (Wildman–Crippen LogP) is 0.596. The minimum atomic E-state index is -0.990. The van der Waals surface area contributed by atoms with E-state index in [-0.39, 0.29) is 12.5 Å². The summed E-state index contributed by atoms with van der Waals surface area (Å²) in [6.45, 7) is 1.93. The van der Waals surface area contributed by atoms with Gasteiger partial charge in [-0.2, -0.15) is 0 Å². The van der Waals surface area contributed by atoms with Crippen LogP contribution in [-0.4, -0.2) is 29.8 Å². The van der Waals surface area contributed by atoms with Gasteiger partial charge in [0.2, 0.25) is 0 Å². The van der Waals surface area contributed by atoms with Gasteiger partial charge in [0, 0.05) is 0 Å². The first kappa shape index (κ1) is 9.83. The Kier molecular flexibility index (Phi) is 3.11. The summed E-state index contributed by atoms with van der Waals surface area (Å²) in [5, 5.41) is 11.0. The number of aliphatic carboxylic acids is 1. The van der Waals surface area contributed by atoms with E-state index in [0.29, 0.717) is 0 Å². The van der Waals surface area contributed by atoms with Gasteiger partial charge in [0.25, 0.3) is 0 Å². The summed E-state index contributed by atoms with van der Waals surface area (Å²) in [7, 11) is 0. The van der Waals surface area contributed by atoms with Gasteiger partial charge in [-0.3, -0.25) is 0 Å². The third-order valence-electron chi connectivity index (χ3n) is 1.91. The number of carboxylic acid groups (broad SMARTS) is 1. The predicted molar refractivity (Wildman–Crippen MR) is 44.3 cm³/mol. The van der Waals surface area contributed by atoms with Gasteiger partial charge >= 0.3 is 12.1 Å². The number of hydrogen-bond acceptors (Lipinski definition) is 3. The van der Waals surface area contributed by atoms with Crippen LogP contribution >= 0.6 is 0 Å². The van der Waals surface area contributed by atoms with Crippen molar-refractivity contribution in [1.29, 1.82) is 0 Å². The molecular weight excluding hydrogens is 174 g/mol. The van der Waals surface area contributed by atoms with Crippen molar-refractivity contribution in [3.05, 3.63) is 0 Å². The lowest BCUT2D eigenvalue weighted by molar-refractivity contribution is -0.139. The highest BCUT2D eigenvalue weighted by Crippen LogP contribution is 2.32. The van der Waals surface area contributed by atoms with E-state index in [0.717, 1.165) is 12.8 Å². The van der Waals surface area contributed by atoms with Crippen LogP contribution in [0.25, 0.3) is 0 Å². The van der Waals surface area contributed by atoms with E-state index in [1.165, 1.54) is 0 Å². The molecular formula is C8H13NO4. The molecule has 13 heavy (non-hydrogen) atoms. The van der Waals surface area contributed by atoms with Gasteiger partial charge in [-0.15, -0.1) is 0 Å². The Balaban J connectivity index is 2.37. The second-order valence-corrected chi connectivity index (χ2v) is 3.02. The molecule has 1 saturated carbocycles. The number of ether oxygens (including phenoxy) is 1. The Morgan fingerprint density at radius 2 is 2.23 bits per heavy atom. The zero-order valence-corrected chi connectivity index (χ0v) is 7.45. The fourth-order valence-corrected chi connectivity index (χ4v) is 1.11. The molecule has 0 radical (unpaired) electrons. The van der Waals surface area contributed by atoms with E-state index >= 15 is 0 Å². The molecule has 0 aromatic carbocycles. The summed E-state index contributed by atoms with van der Waals surface area (Å²) in [5.41, 5.74) is 0. The number of hydrogen-bond donors (Lipinski definition) is 2. The van der Waals surface area contributed by atoms with E-state index in [9.17, 15) is 9.59 Å². The fraction of sp³-hybridized carbons (Fsp3) is 0.750. The highest BCUT2D eigenvalue weighted by molar-refractivity contribution is 5.80. The molecule has 0 heterocycles. The van der Waals surface area contributed by atoms with Crippen molar-refractivity contribution < 1.29 is 19.4 Å². The first-order chi connectivity index (χ1) is 6.15. The maximum atomic E-state index is 10.9. The number of carbonyl (C=O) groups excluding carboxylic acids is 1. The lowest BCUT2D eigenvalue weighted by Gasteiger charge is -2.12. The van der Waals surface area contributed by atoms with Crippen LogP contribution < -0.4 is 5.32 Å². The van der Waals surface area contributed by atoms with Gasteiger partial charge in [-0.05, 0) is 25.7 Å². The maximum absolute atomic E-state index is 10.9. The van der Waals surface area contributed by atoms with E-state index < -0.39 is 18.1 Å². The summed E-state index contributed by atoms with van der Waals surface area (Å²) in [5.74, 6) is -0.905. The molecule has 0 spiro atoms. The number of amides is 1. The lowest BCUT2D eigenvalue weighted by Crippen LogP contribution is -2.42. The van der Waals surface area contributed by atoms with Crippen molar-refractivity contribution in [2.75, 3.05) is 6.61 Å². The molecule has 0 aromatic rings. The van der Waals surface area contributed by atoms with Crippen LogP contribution in [0, 0.1) is 5.92 Å². The summed E-state index contributed by atoms with van der Waals surface area (Å²) in [6.07, 6.45) is 1.08. The first-order valence-electron chi connectivity index (χ1n) is 4.31. The minimum Gasteiger partial charge on any atom is -0.480 e. The molecule has 1 rings (SSSR count). The highest BCUT2D eigenvalue weighted by Gasteiger charge is 2.37. The van der Waals surface area contributed by atoms with Crippen LogP contribution in [0.15, 0.2) is 0 Å². The highest BCUT2D eigenvalue weighted by atomic mass is 16.5. The molecule has 0 aromatic heterocycles. The summed E-state index contributed by atoms with van der Waals surface area (Å²) < 4.78 is 4.59. The summed E-state index contributed by atoms with van der Waals surface area (Å²) >= 11 is 0. The van der Waals surface area contributed by atoms with Gasteiger partial charge in [0.1, 0.15) is 6.04 Å². The van der Waals surface area contributed by atoms with Gasteiger partial charge < -0.3 is 15.2 Å². The topological polar surface area (TPSA) is 75.6 Å². The Labute approximate surface area is 76.1 Å². The fourth-order valence-electron chi connectivity index (χ4n) is 1.11. The monoisotopic (exact) mass is 187 g/mol. The SMILES string of the molecule is CCOC(=O)N[C@H](C(=O)O)C1CC1. The number of alkyl carbamates (subject to hydrolysis) is 1. The van der Waals surface area contributed by atoms with E-state index in [1.54, 1.807) is 6.92 Å². The lowest BCUT2D eigenvalue weighted by atomic mass is 10.2. The number of carboxylic acids is 1. The van der Waals surface area contributed by atoms with Gasteiger partial charge in [0.15, 0.2) is 0 Å². The molecule has 1 fully saturated rings. The van der Waals surface area contributed by atoms with Gasteiger partial charge in [-0.1, -0.05) is 0 Å². The largest absolute Gasteiger partial charge is 0.480 e. The van der Waals surface area contributed by atoms with Crippen molar-refractivity contribution in [2.24, 2.45) is 5.92 Å². The van der Waals surface area contributed by atoms with Gasteiger partial charge in [-0.25, -0.2) is 9.59 Å². The van der Waals surface area contributed by atoms with Crippen LogP contribution in [0.5, 0.6) is 0 Å². The number of carbonyl (C=O) groups is 2. The number of rotatable bonds is 4. The molecule has 1 aliphatic rings. The summed E-state index contributed by atoms with van der Waals surface area (Å²) in [6, 6.07) is -0.779. The molecule has 0 aliphatic heterocycles. The third-order valence-corrected chi connectivity index (χ3v) is 1.91. The molecule has 74 valence electrons. The molecule has 1 aliphatic carbocycles. The van der Waals surface area contributed by atoms with E-state index in [2.05, 4.69) is 10.1 Å². The van der Waals surface area contributed by atoms with Crippen LogP contribution in [0.3, 0.4) is 0 Å². The van der Waals surface area contributed by atoms with Crippen molar-refractivity contribution in [2.45, 2.75) is 25.8 Å². The number of nitrogens with one attached hydrogen (secondary N) is 1. The summed E-state index contributed by atoms with van der Waals surface area (Å²) in [4.78, 5) is 21.5. The first-order valence-corrected chi connectivity index (χ1v) is 4.31. The Morgan fingerprint density at radius 3 is 2.62 bits per heavy atom. The van der Waals surface area contributed by atoms with Crippen molar-refractivity contribution in [1.82, 2.24) is 5.32 Å². The smallest absolute Gasteiger partial charge is 0.407 e. The minimum absolute atomic E-state index is 0.0851. The van der Waals surface area contributed by atoms with Crippen molar-refractivity contribution in [3.63, 3.8) is 0 Å². The molecule has 1 amide bonds. The molecule has 2 N–H and O–H groups in total. The second-order valence-electron chi connectivity index (χ2n) is 3.02. The second kappa shape index (κ2) is 4.11. The van der Waals surface area contributed by atoms with Crippen LogP contribution in [0.4, 0.5) is 4.79 Å². The zero-order valence-electron chi connectivity index (χ0n) is 7.45. The Hall–Kier alpha value is -1.26. The standard InChI is InChI=1S/C8H13NO4/c1-2-13-8(12)9-6(7(10)11)5-3-4-5/h5-6H,2-4H2,1H3,(H,9,12)(H,10,11)/t6-/m0/s1. The third kappa shape index (κ3) is 2.93. The molecule has 5 heteroatoms. The molecule has 0 bridgehead atoms. The van der Waals surface area contributed by atoms with Crippen molar-refractivity contribution in [3.8, 4) is 0 Å². The average molecular weight is 187 g/mol. The quantitative estimate of drug-likeness (QED) is 0.675. The van der Waals surface area contributed by atoms with Crippen LogP contribution in [0.2, 0.25) is 0 Å². The molecule has 5 nitrogen and oxygen atoms in total. The Morgan fingerprint density at radius 1 is 1.62 bits per heavy atom. The van der Waals surface area contributed by atoms with E-state index in [1.807, 2.05) is 0 Å². The van der Waals surface area contributed by atoms with Gasteiger partial charge in [0.05, 0.1) is 6.61 Å². The van der Waals surface area contributed by atoms with Crippen LogP contribution in [0.1, 0.15) is 19.8 Å². The normalized spacial score (nSPS) is 17.6. The zero-order chi connectivity index (χ0) is 9.84. The molecule has 0 saturated heterocycles. The maximum Gasteiger partial charge on any atom is 0.407 e. The molecule has 1 atom stereocenters. The Bertz CT molecular complexity index is 212. The van der Waals surface area contributed by atoms with E-state index in [4.69, 9.17) is 5.11 Å². The molecule has 0 unspecified atom stereocenters.